The van der Waals surface area contributed by atoms with Crippen LogP contribution in [0.3, 0.4) is 0 Å². The molecule has 0 spiro atoms. The normalized spacial score (nSPS) is 16.2. The zero-order chi connectivity index (χ0) is 18.3. The van der Waals surface area contributed by atoms with Gasteiger partial charge in [0.25, 0.3) is 0 Å². The Bertz CT molecular complexity index is 560. The largest absolute Gasteiger partial charge is 0.493 e. The third kappa shape index (κ3) is 4.35. The van der Waals surface area contributed by atoms with Crippen LogP contribution in [0, 0.1) is 5.41 Å². The van der Waals surface area contributed by atoms with Gasteiger partial charge in [-0.3, -0.25) is 4.79 Å². The number of nitrogens with one attached hydrogen (secondary N) is 1. The number of rotatable bonds is 8. The van der Waals surface area contributed by atoms with Crippen LogP contribution < -0.4 is 25.3 Å². The van der Waals surface area contributed by atoms with Gasteiger partial charge in [-0.1, -0.05) is 0 Å². The van der Waals surface area contributed by atoms with E-state index in [2.05, 4.69) is 5.32 Å². The first-order valence-corrected chi connectivity index (χ1v) is 8.54. The number of carbonyl (C=O) groups is 1. The maximum absolute atomic E-state index is 12.7. The van der Waals surface area contributed by atoms with Crippen molar-refractivity contribution < 1.29 is 23.7 Å². The number of hydrogen-bond acceptors (Lipinski definition) is 6. The molecule has 0 radical (unpaired) electrons. The van der Waals surface area contributed by atoms with Gasteiger partial charge in [-0.25, -0.2) is 0 Å². The number of nitrogens with two attached hydrogens (primary N) is 1. The molecule has 0 saturated carbocycles. The fourth-order valence-corrected chi connectivity index (χ4v) is 2.98. The highest BCUT2D eigenvalue weighted by Gasteiger charge is 2.38. The molecule has 7 heteroatoms. The molecule has 0 bridgehead atoms. The van der Waals surface area contributed by atoms with Gasteiger partial charge in [0.15, 0.2) is 11.5 Å². The second-order valence-electron chi connectivity index (χ2n) is 6.04. The summed E-state index contributed by atoms with van der Waals surface area (Å²) in [5.74, 6) is 1.67. The topological polar surface area (TPSA) is 92.0 Å². The van der Waals surface area contributed by atoms with Crippen molar-refractivity contribution in [3.63, 3.8) is 0 Å². The number of hydrogen-bond donors (Lipinski definition) is 2. The Labute approximate surface area is 148 Å². The van der Waals surface area contributed by atoms with Gasteiger partial charge in [0.05, 0.1) is 26.2 Å². The number of methoxy groups -OCH3 is 2. The minimum atomic E-state index is -0.544. The summed E-state index contributed by atoms with van der Waals surface area (Å²) in [5, 5.41) is 2.99. The lowest BCUT2D eigenvalue weighted by molar-refractivity contribution is -0.136. The highest BCUT2D eigenvalue weighted by atomic mass is 16.5. The van der Waals surface area contributed by atoms with Crippen molar-refractivity contribution >= 4 is 5.91 Å². The molecule has 1 aromatic carbocycles. The molecule has 25 heavy (non-hydrogen) atoms. The van der Waals surface area contributed by atoms with Gasteiger partial charge in [0, 0.05) is 26.3 Å². The molecule has 3 N–H and O–H groups in total. The van der Waals surface area contributed by atoms with E-state index >= 15 is 0 Å². The van der Waals surface area contributed by atoms with E-state index in [4.69, 9.17) is 24.7 Å². The van der Waals surface area contributed by atoms with Crippen LogP contribution in [0.15, 0.2) is 12.1 Å². The highest BCUT2D eigenvalue weighted by molar-refractivity contribution is 5.83. The molecule has 1 amide bonds. The van der Waals surface area contributed by atoms with Crippen molar-refractivity contribution in [1.82, 2.24) is 5.32 Å². The lowest BCUT2D eigenvalue weighted by atomic mass is 9.79. The summed E-state index contributed by atoms with van der Waals surface area (Å²) in [6.07, 6.45) is 1.29. The zero-order valence-corrected chi connectivity index (χ0v) is 15.2. The van der Waals surface area contributed by atoms with Gasteiger partial charge in [-0.2, -0.15) is 0 Å². The predicted molar refractivity (Wildman–Crippen MR) is 94.1 cm³/mol. The van der Waals surface area contributed by atoms with Crippen molar-refractivity contribution in [2.24, 2.45) is 11.1 Å². The number of carbonyl (C=O) groups excluding carboxylic acids is 1. The Morgan fingerprint density at radius 2 is 1.84 bits per heavy atom. The maximum Gasteiger partial charge on any atom is 0.227 e. The first-order valence-electron chi connectivity index (χ1n) is 8.54. The monoisotopic (exact) mass is 352 g/mol. The molecule has 1 aliphatic heterocycles. The minimum Gasteiger partial charge on any atom is -0.493 e. The van der Waals surface area contributed by atoms with Crippen LogP contribution in [0.2, 0.25) is 0 Å². The summed E-state index contributed by atoms with van der Waals surface area (Å²) in [5.41, 5.74) is 6.20. The molecule has 2 rings (SSSR count). The molecule has 0 unspecified atom stereocenters. The summed E-state index contributed by atoms with van der Waals surface area (Å²) in [6, 6.07) is 3.68. The average Bonchev–Trinajstić information content (AvgIpc) is 2.67. The van der Waals surface area contributed by atoms with E-state index < -0.39 is 5.41 Å². The van der Waals surface area contributed by atoms with Gasteiger partial charge in [0.2, 0.25) is 11.7 Å². The third-order valence-electron chi connectivity index (χ3n) is 4.58. The van der Waals surface area contributed by atoms with Crippen LogP contribution >= 0.6 is 0 Å². The van der Waals surface area contributed by atoms with Crippen LogP contribution in [0.4, 0.5) is 0 Å². The average molecular weight is 352 g/mol. The van der Waals surface area contributed by atoms with Gasteiger partial charge >= 0.3 is 0 Å². The van der Waals surface area contributed by atoms with Crippen LogP contribution in [-0.4, -0.2) is 46.5 Å². The molecule has 1 fully saturated rings. The molecule has 1 heterocycles. The van der Waals surface area contributed by atoms with E-state index in [9.17, 15) is 4.79 Å². The Morgan fingerprint density at radius 3 is 2.32 bits per heavy atom. The van der Waals surface area contributed by atoms with Gasteiger partial charge in [0.1, 0.15) is 0 Å². The van der Waals surface area contributed by atoms with E-state index in [0.717, 1.165) is 5.56 Å². The Morgan fingerprint density at radius 1 is 1.24 bits per heavy atom. The number of benzene rings is 1. The standard InChI is InChI=1S/C18H28N2O5/c1-4-25-16-14(22-2)9-13(10-15(16)23-3)11-20-17(21)18(12-19)5-7-24-8-6-18/h9-10H,4-8,11-12,19H2,1-3H3,(H,20,21). The highest BCUT2D eigenvalue weighted by Crippen LogP contribution is 2.38. The van der Waals surface area contributed by atoms with Crippen molar-refractivity contribution in [1.29, 1.82) is 0 Å². The maximum atomic E-state index is 12.7. The molecule has 140 valence electrons. The number of ether oxygens (including phenoxy) is 4. The van der Waals surface area contributed by atoms with Crippen molar-refractivity contribution in [3.05, 3.63) is 17.7 Å². The molecular weight excluding hydrogens is 324 g/mol. The summed E-state index contributed by atoms with van der Waals surface area (Å²) in [7, 11) is 3.15. The van der Waals surface area contributed by atoms with E-state index in [1.165, 1.54) is 0 Å². The summed E-state index contributed by atoms with van der Waals surface area (Å²) < 4.78 is 21.7. The molecule has 7 nitrogen and oxygen atoms in total. The molecule has 0 atom stereocenters. The second kappa shape index (κ2) is 8.92. The van der Waals surface area contributed by atoms with E-state index in [1.807, 2.05) is 19.1 Å². The molecule has 1 saturated heterocycles. The lowest BCUT2D eigenvalue weighted by Crippen LogP contribution is -2.48. The Kier molecular flexibility index (Phi) is 6.90. The van der Waals surface area contributed by atoms with Gasteiger partial charge in [-0.05, 0) is 37.5 Å². The lowest BCUT2D eigenvalue weighted by Gasteiger charge is -2.34. The summed E-state index contributed by atoms with van der Waals surface area (Å²) >= 11 is 0. The van der Waals surface area contributed by atoms with Crippen LogP contribution in [0.25, 0.3) is 0 Å². The predicted octanol–water partition coefficient (Wildman–Crippen LogP) is 1.47. The summed E-state index contributed by atoms with van der Waals surface area (Å²) in [6.45, 7) is 4.21. The van der Waals surface area contributed by atoms with Crippen molar-refractivity contribution in [2.45, 2.75) is 26.3 Å². The molecule has 0 aromatic heterocycles. The first kappa shape index (κ1) is 19.3. The first-order chi connectivity index (χ1) is 12.1. The quantitative estimate of drug-likeness (QED) is 0.736. The molecular formula is C18H28N2O5. The minimum absolute atomic E-state index is 0.0369. The number of amides is 1. The van der Waals surface area contributed by atoms with Crippen molar-refractivity contribution in [3.8, 4) is 17.2 Å². The Hall–Kier alpha value is -1.99. The molecule has 1 aliphatic rings. The molecule has 0 aliphatic carbocycles. The molecule has 1 aromatic rings. The van der Waals surface area contributed by atoms with Crippen LogP contribution in [0.1, 0.15) is 25.3 Å². The van der Waals surface area contributed by atoms with E-state index in [1.54, 1.807) is 14.2 Å². The van der Waals surface area contributed by atoms with Gasteiger partial charge in [-0.15, -0.1) is 0 Å². The van der Waals surface area contributed by atoms with Gasteiger partial charge < -0.3 is 30.0 Å². The fourth-order valence-electron chi connectivity index (χ4n) is 2.98. The van der Waals surface area contributed by atoms with Crippen molar-refractivity contribution in [2.75, 3.05) is 40.6 Å². The zero-order valence-electron chi connectivity index (χ0n) is 15.2. The fraction of sp³-hybridized carbons (Fsp3) is 0.611. The third-order valence-corrected chi connectivity index (χ3v) is 4.58. The van der Waals surface area contributed by atoms with Crippen LogP contribution in [-0.2, 0) is 16.1 Å². The van der Waals surface area contributed by atoms with E-state index in [0.29, 0.717) is 63.0 Å². The smallest absolute Gasteiger partial charge is 0.227 e. The Balaban J connectivity index is 2.13. The second-order valence-corrected chi connectivity index (χ2v) is 6.04. The van der Waals surface area contributed by atoms with E-state index in [-0.39, 0.29) is 5.91 Å². The summed E-state index contributed by atoms with van der Waals surface area (Å²) in [4.78, 5) is 12.7. The SMILES string of the molecule is CCOc1c(OC)cc(CNC(=O)C2(CN)CCOCC2)cc1OC. The van der Waals surface area contributed by atoms with Crippen LogP contribution in [0.5, 0.6) is 17.2 Å².